The molecule has 0 radical (unpaired) electrons. The summed E-state index contributed by atoms with van der Waals surface area (Å²) in [5.74, 6) is -2.85. The number of hydrogen-bond donors (Lipinski definition) is 4. The molecule has 0 fully saturated rings. The Bertz CT molecular complexity index is 933. The van der Waals surface area contributed by atoms with Crippen LogP contribution in [0.3, 0.4) is 0 Å². The quantitative estimate of drug-likeness (QED) is 0.441. The number of nitrogens with one attached hydrogen (secondary N) is 2. The van der Waals surface area contributed by atoms with Gasteiger partial charge in [-0.2, -0.15) is 0 Å². The summed E-state index contributed by atoms with van der Waals surface area (Å²) in [4.78, 5) is 46.0. The molecule has 0 aliphatic rings. The molecule has 0 bridgehead atoms. The third-order valence-electron chi connectivity index (χ3n) is 3.56. The molecular formula is C19H17ClN2O6S. The molecule has 0 aliphatic carbocycles. The second kappa shape index (κ2) is 10.5. The number of amides is 2. The molecule has 29 heavy (non-hydrogen) atoms. The standard InChI is InChI=1S/C19H17ClN2O6S/c20-14-6-1-11(19(27)28)9-15(14)22-17(24)10-29-13-4-2-12(3-5-13)21-16(23)7-8-18(25)26/h1-6,9H,7-8,10H2,(H,21,23)(H,22,24)(H,25,26)(H,27,28). The number of thioether (sulfide) groups is 1. The molecule has 2 amide bonds. The van der Waals surface area contributed by atoms with Crippen molar-refractivity contribution in [1.82, 2.24) is 0 Å². The zero-order chi connectivity index (χ0) is 21.4. The third-order valence-corrected chi connectivity index (χ3v) is 4.90. The van der Waals surface area contributed by atoms with Gasteiger partial charge in [0.2, 0.25) is 11.8 Å². The topological polar surface area (TPSA) is 133 Å². The van der Waals surface area contributed by atoms with Crippen LogP contribution in [0.1, 0.15) is 23.2 Å². The first-order valence-electron chi connectivity index (χ1n) is 8.32. The van der Waals surface area contributed by atoms with E-state index in [2.05, 4.69) is 10.6 Å². The van der Waals surface area contributed by atoms with Crippen molar-refractivity contribution < 1.29 is 29.4 Å². The highest BCUT2D eigenvalue weighted by Crippen LogP contribution is 2.25. The van der Waals surface area contributed by atoms with Crippen LogP contribution in [0.5, 0.6) is 0 Å². The molecule has 2 rings (SSSR count). The summed E-state index contributed by atoms with van der Waals surface area (Å²) in [6.45, 7) is 0. The number of carboxylic acids is 2. The lowest BCUT2D eigenvalue weighted by Crippen LogP contribution is -2.15. The molecule has 0 heterocycles. The molecule has 0 unspecified atom stereocenters. The summed E-state index contributed by atoms with van der Waals surface area (Å²) in [5.41, 5.74) is 0.751. The van der Waals surface area contributed by atoms with E-state index in [-0.39, 0.29) is 40.8 Å². The van der Waals surface area contributed by atoms with Crippen molar-refractivity contribution >= 4 is 58.5 Å². The van der Waals surface area contributed by atoms with Gasteiger partial charge in [0, 0.05) is 17.0 Å². The van der Waals surface area contributed by atoms with E-state index in [1.165, 1.54) is 30.0 Å². The monoisotopic (exact) mass is 436 g/mol. The first kappa shape index (κ1) is 22.3. The SMILES string of the molecule is O=C(O)CCC(=O)Nc1ccc(SCC(=O)Nc2cc(C(=O)O)ccc2Cl)cc1. The lowest BCUT2D eigenvalue weighted by atomic mass is 10.2. The minimum absolute atomic E-state index is 0.0124. The smallest absolute Gasteiger partial charge is 0.335 e. The van der Waals surface area contributed by atoms with E-state index in [0.29, 0.717) is 5.69 Å². The summed E-state index contributed by atoms with van der Waals surface area (Å²) in [6, 6.07) is 10.7. The highest BCUT2D eigenvalue weighted by molar-refractivity contribution is 8.00. The van der Waals surface area contributed by atoms with Gasteiger partial charge in [-0.1, -0.05) is 11.6 Å². The third kappa shape index (κ3) is 7.47. The van der Waals surface area contributed by atoms with E-state index in [1.54, 1.807) is 24.3 Å². The Labute approximate surface area is 175 Å². The second-order valence-corrected chi connectivity index (χ2v) is 7.26. The Hall–Kier alpha value is -3.04. The fourth-order valence-corrected chi connectivity index (χ4v) is 3.03. The van der Waals surface area contributed by atoms with Crippen molar-refractivity contribution in [2.75, 3.05) is 16.4 Å². The van der Waals surface area contributed by atoms with Gasteiger partial charge >= 0.3 is 11.9 Å². The fraction of sp³-hybridized carbons (Fsp3) is 0.158. The number of aliphatic carboxylic acids is 1. The summed E-state index contributed by atoms with van der Waals surface area (Å²) < 4.78 is 0. The van der Waals surface area contributed by atoms with Crippen LogP contribution >= 0.6 is 23.4 Å². The molecule has 0 spiro atoms. The molecule has 0 saturated carbocycles. The van der Waals surface area contributed by atoms with Crippen LogP contribution in [-0.2, 0) is 14.4 Å². The molecular weight excluding hydrogens is 420 g/mol. The predicted molar refractivity (Wildman–Crippen MR) is 110 cm³/mol. The van der Waals surface area contributed by atoms with E-state index in [0.717, 1.165) is 4.90 Å². The number of aromatic carboxylic acids is 1. The molecule has 0 saturated heterocycles. The van der Waals surface area contributed by atoms with Gasteiger partial charge in [-0.3, -0.25) is 14.4 Å². The van der Waals surface area contributed by atoms with Crippen molar-refractivity contribution in [3.63, 3.8) is 0 Å². The molecule has 0 aromatic heterocycles. The maximum Gasteiger partial charge on any atom is 0.335 e. The number of anilines is 2. The number of benzene rings is 2. The average molecular weight is 437 g/mol. The van der Waals surface area contributed by atoms with E-state index >= 15 is 0 Å². The molecule has 152 valence electrons. The number of halogens is 1. The first-order chi connectivity index (χ1) is 13.7. The minimum atomic E-state index is -1.12. The largest absolute Gasteiger partial charge is 0.481 e. The predicted octanol–water partition coefficient (Wildman–Crippen LogP) is 3.57. The molecule has 2 aromatic rings. The molecule has 8 nitrogen and oxygen atoms in total. The van der Waals surface area contributed by atoms with Crippen LogP contribution in [0.25, 0.3) is 0 Å². The number of hydrogen-bond acceptors (Lipinski definition) is 5. The Morgan fingerprint density at radius 2 is 1.59 bits per heavy atom. The van der Waals surface area contributed by atoms with Crippen molar-refractivity contribution in [3.8, 4) is 0 Å². The first-order valence-corrected chi connectivity index (χ1v) is 9.68. The Morgan fingerprint density at radius 1 is 0.897 bits per heavy atom. The van der Waals surface area contributed by atoms with Crippen molar-refractivity contribution in [1.29, 1.82) is 0 Å². The van der Waals surface area contributed by atoms with Gasteiger partial charge < -0.3 is 20.8 Å². The molecule has 0 aliphatic heterocycles. The normalized spacial score (nSPS) is 10.2. The van der Waals surface area contributed by atoms with Crippen LogP contribution in [0.2, 0.25) is 5.02 Å². The van der Waals surface area contributed by atoms with Gasteiger partial charge in [-0.25, -0.2) is 4.79 Å². The van der Waals surface area contributed by atoms with Gasteiger partial charge in [0.15, 0.2) is 0 Å². The average Bonchev–Trinajstić information content (AvgIpc) is 2.67. The fourth-order valence-electron chi connectivity index (χ4n) is 2.17. The van der Waals surface area contributed by atoms with E-state index in [4.69, 9.17) is 21.8 Å². The van der Waals surface area contributed by atoms with Gasteiger partial charge in [-0.05, 0) is 42.5 Å². The van der Waals surface area contributed by atoms with Crippen molar-refractivity contribution in [2.24, 2.45) is 0 Å². The van der Waals surface area contributed by atoms with Gasteiger partial charge in [0.1, 0.15) is 0 Å². The van der Waals surface area contributed by atoms with Crippen molar-refractivity contribution in [2.45, 2.75) is 17.7 Å². The lowest BCUT2D eigenvalue weighted by molar-refractivity contribution is -0.138. The van der Waals surface area contributed by atoms with Crippen LogP contribution in [0.4, 0.5) is 11.4 Å². The summed E-state index contributed by atoms with van der Waals surface area (Å²) in [5, 5.41) is 23.0. The molecule has 10 heteroatoms. The summed E-state index contributed by atoms with van der Waals surface area (Å²) in [6.07, 6.45) is -0.355. The van der Waals surface area contributed by atoms with Gasteiger partial charge in [-0.15, -0.1) is 11.8 Å². The Balaban J connectivity index is 1.86. The Morgan fingerprint density at radius 3 is 2.21 bits per heavy atom. The van der Waals surface area contributed by atoms with E-state index in [9.17, 15) is 19.2 Å². The highest BCUT2D eigenvalue weighted by Gasteiger charge is 2.11. The number of carbonyl (C=O) groups excluding carboxylic acids is 2. The van der Waals surface area contributed by atoms with Crippen LogP contribution in [0, 0.1) is 0 Å². The van der Waals surface area contributed by atoms with Crippen molar-refractivity contribution in [3.05, 3.63) is 53.1 Å². The molecule has 4 N–H and O–H groups in total. The van der Waals surface area contributed by atoms with E-state index in [1.807, 2.05) is 0 Å². The maximum absolute atomic E-state index is 12.1. The lowest BCUT2D eigenvalue weighted by Gasteiger charge is -2.09. The van der Waals surface area contributed by atoms with Crippen LogP contribution < -0.4 is 10.6 Å². The van der Waals surface area contributed by atoms with E-state index < -0.39 is 17.8 Å². The number of carbonyl (C=O) groups is 4. The van der Waals surface area contributed by atoms with Gasteiger partial charge in [0.25, 0.3) is 0 Å². The maximum atomic E-state index is 12.1. The van der Waals surface area contributed by atoms with Gasteiger partial charge in [0.05, 0.1) is 28.4 Å². The minimum Gasteiger partial charge on any atom is -0.481 e. The zero-order valence-corrected chi connectivity index (χ0v) is 16.5. The zero-order valence-electron chi connectivity index (χ0n) is 15.0. The summed E-state index contributed by atoms with van der Waals surface area (Å²) in [7, 11) is 0. The Kier molecular flexibility index (Phi) is 8.05. The summed E-state index contributed by atoms with van der Waals surface area (Å²) >= 11 is 7.22. The number of carboxylic acid groups (broad SMARTS) is 2. The molecule has 2 aromatic carbocycles. The highest BCUT2D eigenvalue weighted by atomic mass is 35.5. The molecule has 0 atom stereocenters. The number of rotatable bonds is 9. The second-order valence-electron chi connectivity index (χ2n) is 5.80. The van der Waals surface area contributed by atoms with Crippen LogP contribution in [-0.4, -0.2) is 39.7 Å². The van der Waals surface area contributed by atoms with Crippen LogP contribution in [0.15, 0.2) is 47.4 Å².